The molecule has 0 unspecified atom stereocenters. The molecule has 0 saturated heterocycles. The summed E-state index contributed by atoms with van der Waals surface area (Å²) in [4.78, 5) is 30.0. The topological polar surface area (TPSA) is 77.0 Å². The molecular formula is C13H15N3O3. The van der Waals surface area contributed by atoms with Crippen molar-refractivity contribution in [1.29, 1.82) is 0 Å². The van der Waals surface area contributed by atoms with Gasteiger partial charge in [0.1, 0.15) is 5.75 Å². The number of rotatable bonds is 3. The summed E-state index contributed by atoms with van der Waals surface area (Å²) < 4.78 is 6.40. The first kappa shape index (κ1) is 13.1. The van der Waals surface area contributed by atoms with Crippen LogP contribution in [0.2, 0.25) is 0 Å². The van der Waals surface area contributed by atoms with Crippen LogP contribution >= 0.6 is 0 Å². The normalized spacial score (nSPS) is 10.5. The monoisotopic (exact) mass is 261 g/mol. The predicted molar refractivity (Wildman–Crippen MR) is 70.7 cm³/mol. The highest BCUT2D eigenvalue weighted by Crippen LogP contribution is 2.23. The predicted octanol–water partition coefficient (Wildman–Crippen LogP) is 0.605. The second kappa shape index (κ2) is 5.09. The van der Waals surface area contributed by atoms with E-state index in [0.29, 0.717) is 5.69 Å². The number of hydrogen-bond donors (Lipinski definition) is 1. The van der Waals surface area contributed by atoms with E-state index in [-0.39, 0.29) is 12.1 Å². The Balaban J connectivity index is 2.51. The number of hydrogen-bond acceptors (Lipinski definition) is 4. The largest absolute Gasteiger partial charge is 0.496 e. The van der Waals surface area contributed by atoms with Crippen LogP contribution in [0, 0.1) is 13.8 Å². The van der Waals surface area contributed by atoms with E-state index in [4.69, 9.17) is 4.74 Å². The van der Waals surface area contributed by atoms with Gasteiger partial charge in [-0.1, -0.05) is 0 Å². The SMILES string of the molecule is COc1c(C)cnc(Cn2c(=O)cc[nH]c2=O)c1C. The molecule has 0 spiro atoms. The molecule has 0 bridgehead atoms. The van der Waals surface area contributed by atoms with Gasteiger partial charge in [0.05, 0.1) is 19.3 Å². The van der Waals surface area contributed by atoms with Crippen molar-refractivity contribution in [1.82, 2.24) is 14.5 Å². The van der Waals surface area contributed by atoms with Crippen LogP contribution in [0.4, 0.5) is 0 Å². The summed E-state index contributed by atoms with van der Waals surface area (Å²) in [5.74, 6) is 0.727. The lowest BCUT2D eigenvalue weighted by Crippen LogP contribution is -2.34. The third-order valence-electron chi connectivity index (χ3n) is 3.00. The molecule has 0 aromatic carbocycles. The lowest BCUT2D eigenvalue weighted by Gasteiger charge is -2.12. The van der Waals surface area contributed by atoms with E-state index >= 15 is 0 Å². The fourth-order valence-corrected chi connectivity index (χ4v) is 1.98. The van der Waals surface area contributed by atoms with Crippen LogP contribution in [0.25, 0.3) is 0 Å². The van der Waals surface area contributed by atoms with Crippen molar-refractivity contribution in [2.75, 3.05) is 7.11 Å². The first-order valence-electron chi connectivity index (χ1n) is 5.82. The second-order valence-electron chi connectivity index (χ2n) is 4.25. The quantitative estimate of drug-likeness (QED) is 0.878. The van der Waals surface area contributed by atoms with Gasteiger partial charge in [-0.05, 0) is 13.8 Å². The first-order chi connectivity index (χ1) is 9.04. The number of aromatic nitrogens is 3. The van der Waals surface area contributed by atoms with Crippen LogP contribution in [-0.2, 0) is 6.54 Å². The maximum atomic E-state index is 11.7. The van der Waals surface area contributed by atoms with E-state index in [1.54, 1.807) is 13.3 Å². The maximum Gasteiger partial charge on any atom is 0.328 e. The molecule has 19 heavy (non-hydrogen) atoms. The van der Waals surface area contributed by atoms with Gasteiger partial charge in [-0.15, -0.1) is 0 Å². The van der Waals surface area contributed by atoms with Crippen LogP contribution in [0.5, 0.6) is 5.75 Å². The minimum absolute atomic E-state index is 0.123. The number of nitrogens with zero attached hydrogens (tertiary/aromatic N) is 2. The van der Waals surface area contributed by atoms with Crippen LogP contribution in [0.1, 0.15) is 16.8 Å². The Labute approximate surface area is 109 Å². The molecule has 0 radical (unpaired) electrons. The van der Waals surface area contributed by atoms with E-state index in [1.165, 1.54) is 12.3 Å². The van der Waals surface area contributed by atoms with Crippen LogP contribution < -0.4 is 16.0 Å². The van der Waals surface area contributed by atoms with Gasteiger partial charge in [0.25, 0.3) is 5.56 Å². The summed E-state index contributed by atoms with van der Waals surface area (Å²) in [6, 6.07) is 1.31. The molecule has 6 nitrogen and oxygen atoms in total. The lowest BCUT2D eigenvalue weighted by molar-refractivity contribution is 0.406. The Hall–Kier alpha value is -2.37. The molecule has 2 aromatic rings. The number of ether oxygens (including phenoxy) is 1. The lowest BCUT2D eigenvalue weighted by atomic mass is 10.1. The Morgan fingerprint density at radius 3 is 2.74 bits per heavy atom. The molecule has 0 atom stereocenters. The molecule has 2 rings (SSSR count). The van der Waals surface area contributed by atoms with Crippen LogP contribution in [0.3, 0.4) is 0 Å². The van der Waals surface area contributed by atoms with Gasteiger partial charge in [-0.2, -0.15) is 0 Å². The molecule has 0 amide bonds. The number of aryl methyl sites for hydroxylation is 1. The Morgan fingerprint density at radius 1 is 1.37 bits per heavy atom. The minimum Gasteiger partial charge on any atom is -0.496 e. The standard InChI is InChI=1S/C13H15N3O3/c1-8-6-15-10(9(2)12(8)19-3)7-16-11(17)4-5-14-13(16)18/h4-6H,7H2,1-3H3,(H,14,18). The Kier molecular flexibility index (Phi) is 3.50. The average molecular weight is 261 g/mol. The van der Waals surface area contributed by atoms with Gasteiger partial charge in [0.2, 0.25) is 0 Å². The van der Waals surface area contributed by atoms with E-state index in [2.05, 4.69) is 9.97 Å². The molecule has 2 heterocycles. The smallest absolute Gasteiger partial charge is 0.328 e. The summed E-state index contributed by atoms with van der Waals surface area (Å²) >= 11 is 0. The van der Waals surface area contributed by atoms with Gasteiger partial charge in [0, 0.05) is 29.6 Å². The highest BCUT2D eigenvalue weighted by Gasteiger charge is 2.11. The molecule has 6 heteroatoms. The van der Waals surface area contributed by atoms with E-state index < -0.39 is 5.69 Å². The van der Waals surface area contributed by atoms with Crippen molar-refractivity contribution >= 4 is 0 Å². The number of aromatic amines is 1. The fourth-order valence-electron chi connectivity index (χ4n) is 1.98. The van der Waals surface area contributed by atoms with Crippen molar-refractivity contribution in [2.24, 2.45) is 0 Å². The van der Waals surface area contributed by atoms with Crippen molar-refractivity contribution < 1.29 is 4.74 Å². The highest BCUT2D eigenvalue weighted by atomic mass is 16.5. The zero-order chi connectivity index (χ0) is 14.0. The number of pyridine rings is 1. The van der Waals surface area contributed by atoms with E-state index in [9.17, 15) is 9.59 Å². The maximum absolute atomic E-state index is 11.7. The third-order valence-corrected chi connectivity index (χ3v) is 3.00. The second-order valence-corrected chi connectivity index (χ2v) is 4.25. The van der Waals surface area contributed by atoms with Crippen LogP contribution in [0.15, 0.2) is 28.0 Å². The third kappa shape index (κ3) is 2.42. The van der Waals surface area contributed by atoms with Gasteiger partial charge in [0.15, 0.2) is 0 Å². The first-order valence-corrected chi connectivity index (χ1v) is 5.82. The summed E-state index contributed by atoms with van der Waals surface area (Å²) in [5, 5.41) is 0. The minimum atomic E-state index is -0.451. The van der Waals surface area contributed by atoms with Crippen LogP contribution in [-0.4, -0.2) is 21.6 Å². The highest BCUT2D eigenvalue weighted by molar-refractivity contribution is 5.41. The molecule has 2 aromatic heterocycles. The molecule has 0 aliphatic rings. The van der Waals surface area contributed by atoms with Gasteiger partial charge < -0.3 is 9.72 Å². The number of nitrogens with one attached hydrogen (secondary N) is 1. The van der Waals surface area contributed by atoms with Crippen molar-refractivity contribution in [3.63, 3.8) is 0 Å². The summed E-state index contributed by atoms with van der Waals surface area (Å²) in [7, 11) is 1.58. The number of H-pyrrole nitrogens is 1. The molecule has 0 aliphatic heterocycles. The summed E-state index contributed by atoms with van der Waals surface area (Å²) in [5.41, 5.74) is 1.58. The van der Waals surface area contributed by atoms with Crippen molar-refractivity contribution in [3.8, 4) is 5.75 Å². The number of methoxy groups -OCH3 is 1. The van der Waals surface area contributed by atoms with Gasteiger partial charge >= 0.3 is 5.69 Å². The Morgan fingerprint density at radius 2 is 2.11 bits per heavy atom. The van der Waals surface area contributed by atoms with Gasteiger partial charge in [-0.25, -0.2) is 4.79 Å². The Bertz CT molecular complexity index is 688. The molecular weight excluding hydrogens is 246 g/mol. The zero-order valence-electron chi connectivity index (χ0n) is 11.1. The van der Waals surface area contributed by atoms with Crippen molar-refractivity contribution in [2.45, 2.75) is 20.4 Å². The molecule has 1 N–H and O–H groups in total. The molecule has 0 aliphatic carbocycles. The van der Waals surface area contributed by atoms with E-state index in [0.717, 1.165) is 21.4 Å². The summed E-state index contributed by atoms with van der Waals surface area (Å²) in [6.45, 7) is 3.87. The molecule has 0 saturated carbocycles. The molecule has 0 fully saturated rings. The average Bonchev–Trinajstić information content (AvgIpc) is 2.37. The zero-order valence-corrected chi connectivity index (χ0v) is 11.1. The van der Waals surface area contributed by atoms with Gasteiger partial charge in [-0.3, -0.25) is 14.3 Å². The summed E-state index contributed by atoms with van der Waals surface area (Å²) in [6.07, 6.45) is 3.00. The fraction of sp³-hybridized carbons (Fsp3) is 0.308. The molecule has 100 valence electrons. The van der Waals surface area contributed by atoms with Crippen molar-refractivity contribution in [3.05, 3.63) is 56.1 Å². The van der Waals surface area contributed by atoms with E-state index in [1.807, 2.05) is 13.8 Å².